The highest BCUT2D eigenvalue weighted by molar-refractivity contribution is 5.99. The maximum atomic E-state index is 13.0. The standard InChI is InChI=1S/C23H27N3O5/c1-4-21(27)24-17-7-5-6-16(14-17)22(28)25-10-12-26(13-11-25)23(29)19-9-8-18(30-2)15-20(19)31-3/h5-9,14-15H,4,10-13H2,1-3H3,(H,24,27). The molecule has 2 aromatic rings. The molecule has 31 heavy (non-hydrogen) atoms. The Morgan fingerprint density at radius 2 is 1.58 bits per heavy atom. The summed E-state index contributed by atoms with van der Waals surface area (Å²) >= 11 is 0. The Morgan fingerprint density at radius 1 is 0.903 bits per heavy atom. The van der Waals surface area contributed by atoms with Gasteiger partial charge in [0, 0.05) is 49.9 Å². The molecule has 0 aromatic heterocycles. The van der Waals surface area contributed by atoms with Gasteiger partial charge in [0.2, 0.25) is 5.91 Å². The molecule has 1 fully saturated rings. The third kappa shape index (κ3) is 5.14. The van der Waals surface area contributed by atoms with Crippen LogP contribution in [-0.2, 0) is 4.79 Å². The van der Waals surface area contributed by atoms with Crippen LogP contribution in [0, 0.1) is 0 Å². The van der Waals surface area contributed by atoms with Crippen LogP contribution in [0.25, 0.3) is 0 Å². The summed E-state index contributed by atoms with van der Waals surface area (Å²) in [6.45, 7) is 3.47. The highest BCUT2D eigenvalue weighted by Gasteiger charge is 2.27. The van der Waals surface area contributed by atoms with Gasteiger partial charge in [-0.25, -0.2) is 0 Å². The molecule has 8 heteroatoms. The fourth-order valence-corrected chi connectivity index (χ4v) is 3.42. The van der Waals surface area contributed by atoms with Crippen molar-refractivity contribution in [2.45, 2.75) is 13.3 Å². The lowest BCUT2D eigenvalue weighted by atomic mass is 10.1. The number of nitrogens with one attached hydrogen (secondary N) is 1. The predicted octanol–water partition coefficient (Wildman–Crippen LogP) is 2.65. The minimum atomic E-state index is -0.143. The topological polar surface area (TPSA) is 88.2 Å². The molecule has 0 aliphatic carbocycles. The highest BCUT2D eigenvalue weighted by atomic mass is 16.5. The molecule has 0 spiro atoms. The molecule has 1 saturated heterocycles. The molecule has 0 saturated carbocycles. The summed E-state index contributed by atoms with van der Waals surface area (Å²) in [4.78, 5) is 40.9. The molecule has 1 aliphatic heterocycles. The van der Waals surface area contributed by atoms with Gasteiger partial charge in [-0.05, 0) is 30.3 Å². The molecule has 0 radical (unpaired) electrons. The molecular weight excluding hydrogens is 398 g/mol. The quantitative estimate of drug-likeness (QED) is 0.769. The van der Waals surface area contributed by atoms with Crippen LogP contribution in [0.2, 0.25) is 0 Å². The number of benzene rings is 2. The van der Waals surface area contributed by atoms with E-state index in [2.05, 4.69) is 5.32 Å². The molecule has 3 rings (SSSR count). The molecule has 0 atom stereocenters. The second kappa shape index (κ2) is 9.97. The van der Waals surface area contributed by atoms with E-state index in [1.165, 1.54) is 7.11 Å². The van der Waals surface area contributed by atoms with Gasteiger partial charge in [0.05, 0.1) is 19.8 Å². The lowest BCUT2D eigenvalue weighted by Gasteiger charge is -2.35. The maximum absolute atomic E-state index is 13.0. The highest BCUT2D eigenvalue weighted by Crippen LogP contribution is 2.26. The molecule has 1 heterocycles. The molecule has 1 aliphatic rings. The number of carbonyl (C=O) groups excluding carboxylic acids is 3. The minimum absolute atomic E-state index is 0.106. The van der Waals surface area contributed by atoms with Crippen LogP contribution in [0.4, 0.5) is 5.69 Å². The van der Waals surface area contributed by atoms with Crippen molar-refractivity contribution in [1.29, 1.82) is 0 Å². The van der Waals surface area contributed by atoms with E-state index in [4.69, 9.17) is 9.47 Å². The minimum Gasteiger partial charge on any atom is -0.497 e. The number of hydrogen-bond acceptors (Lipinski definition) is 5. The van der Waals surface area contributed by atoms with Gasteiger partial charge in [0.1, 0.15) is 11.5 Å². The zero-order valence-corrected chi connectivity index (χ0v) is 18.0. The Labute approximate surface area is 181 Å². The van der Waals surface area contributed by atoms with Crippen molar-refractivity contribution in [2.24, 2.45) is 0 Å². The van der Waals surface area contributed by atoms with Crippen LogP contribution in [0.15, 0.2) is 42.5 Å². The van der Waals surface area contributed by atoms with Crippen molar-refractivity contribution in [3.05, 3.63) is 53.6 Å². The summed E-state index contributed by atoms with van der Waals surface area (Å²) in [5, 5.41) is 2.77. The van der Waals surface area contributed by atoms with Crippen LogP contribution in [0.3, 0.4) is 0 Å². The third-order valence-corrected chi connectivity index (χ3v) is 5.21. The van der Waals surface area contributed by atoms with E-state index in [1.807, 2.05) is 0 Å². The van der Waals surface area contributed by atoms with Gasteiger partial charge in [0.25, 0.3) is 11.8 Å². The van der Waals surface area contributed by atoms with E-state index in [9.17, 15) is 14.4 Å². The summed E-state index contributed by atoms with van der Waals surface area (Å²) in [5.41, 5.74) is 1.56. The second-order valence-corrected chi connectivity index (χ2v) is 7.13. The molecule has 2 aromatic carbocycles. The molecular formula is C23H27N3O5. The first-order chi connectivity index (χ1) is 15.0. The van der Waals surface area contributed by atoms with E-state index in [-0.39, 0.29) is 17.7 Å². The molecule has 164 valence electrons. The van der Waals surface area contributed by atoms with Gasteiger partial charge in [-0.1, -0.05) is 13.0 Å². The average Bonchev–Trinajstić information content (AvgIpc) is 2.82. The largest absolute Gasteiger partial charge is 0.497 e. The first kappa shape index (κ1) is 22.1. The summed E-state index contributed by atoms with van der Waals surface area (Å²) in [5.74, 6) is 0.693. The normalized spacial score (nSPS) is 13.5. The number of piperazine rings is 1. The van der Waals surface area contributed by atoms with Gasteiger partial charge in [-0.3, -0.25) is 14.4 Å². The van der Waals surface area contributed by atoms with Gasteiger partial charge >= 0.3 is 0 Å². The van der Waals surface area contributed by atoms with Crippen LogP contribution in [0.1, 0.15) is 34.1 Å². The van der Waals surface area contributed by atoms with Gasteiger partial charge in [0.15, 0.2) is 0 Å². The van der Waals surface area contributed by atoms with Crippen molar-refractivity contribution < 1.29 is 23.9 Å². The van der Waals surface area contributed by atoms with Gasteiger partial charge in [-0.2, -0.15) is 0 Å². The zero-order valence-electron chi connectivity index (χ0n) is 18.0. The summed E-state index contributed by atoms with van der Waals surface area (Å²) in [6, 6.07) is 12.0. The number of hydrogen-bond donors (Lipinski definition) is 1. The fraction of sp³-hybridized carbons (Fsp3) is 0.348. The Morgan fingerprint density at radius 3 is 2.19 bits per heavy atom. The van der Waals surface area contributed by atoms with E-state index >= 15 is 0 Å². The van der Waals surface area contributed by atoms with E-state index in [1.54, 1.807) is 66.3 Å². The number of anilines is 1. The number of ether oxygens (including phenoxy) is 2. The molecule has 3 amide bonds. The number of nitrogens with zero attached hydrogens (tertiary/aromatic N) is 2. The Hall–Kier alpha value is -3.55. The summed E-state index contributed by atoms with van der Waals surface area (Å²) < 4.78 is 10.5. The van der Waals surface area contributed by atoms with E-state index in [0.29, 0.717) is 60.9 Å². The average molecular weight is 425 g/mol. The van der Waals surface area contributed by atoms with Crippen LogP contribution >= 0.6 is 0 Å². The van der Waals surface area contributed by atoms with Gasteiger partial charge < -0.3 is 24.6 Å². The first-order valence-electron chi connectivity index (χ1n) is 10.2. The monoisotopic (exact) mass is 425 g/mol. The second-order valence-electron chi connectivity index (χ2n) is 7.13. The smallest absolute Gasteiger partial charge is 0.257 e. The van der Waals surface area contributed by atoms with E-state index in [0.717, 1.165) is 0 Å². The van der Waals surface area contributed by atoms with Crippen LogP contribution in [0.5, 0.6) is 11.5 Å². The predicted molar refractivity (Wildman–Crippen MR) is 117 cm³/mol. The summed E-state index contributed by atoms with van der Waals surface area (Å²) in [6.07, 6.45) is 0.368. The molecule has 8 nitrogen and oxygen atoms in total. The third-order valence-electron chi connectivity index (χ3n) is 5.21. The number of rotatable bonds is 6. The fourth-order valence-electron chi connectivity index (χ4n) is 3.42. The number of methoxy groups -OCH3 is 2. The lowest BCUT2D eigenvalue weighted by molar-refractivity contribution is -0.115. The first-order valence-corrected chi connectivity index (χ1v) is 10.2. The lowest BCUT2D eigenvalue weighted by Crippen LogP contribution is -2.50. The summed E-state index contributed by atoms with van der Waals surface area (Å²) in [7, 11) is 3.07. The van der Waals surface area contributed by atoms with E-state index < -0.39 is 0 Å². The van der Waals surface area contributed by atoms with Crippen molar-refractivity contribution >= 4 is 23.4 Å². The van der Waals surface area contributed by atoms with Gasteiger partial charge in [-0.15, -0.1) is 0 Å². The van der Waals surface area contributed by atoms with Crippen molar-refractivity contribution in [3.8, 4) is 11.5 Å². The Balaban J connectivity index is 1.64. The molecule has 0 bridgehead atoms. The van der Waals surface area contributed by atoms with Crippen LogP contribution < -0.4 is 14.8 Å². The molecule has 1 N–H and O–H groups in total. The number of carbonyl (C=O) groups is 3. The maximum Gasteiger partial charge on any atom is 0.257 e. The van der Waals surface area contributed by atoms with Crippen molar-refractivity contribution in [3.63, 3.8) is 0 Å². The number of amides is 3. The Bertz CT molecular complexity index is 967. The molecule has 0 unspecified atom stereocenters. The SMILES string of the molecule is CCC(=O)Nc1cccc(C(=O)N2CCN(C(=O)c3ccc(OC)cc3OC)CC2)c1. The Kier molecular flexibility index (Phi) is 7.12. The van der Waals surface area contributed by atoms with Crippen LogP contribution in [-0.4, -0.2) is 67.9 Å². The van der Waals surface area contributed by atoms with Crippen molar-refractivity contribution in [2.75, 3.05) is 45.7 Å². The van der Waals surface area contributed by atoms with Crippen molar-refractivity contribution in [1.82, 2.24) is 9.80 Å². The zero-order chi connectivity index (χ0) is 22.4.